The summed E-state index contributed by atoms with van der Waals surface area (Å²) in [6.07, 6.45) is 2.71. The molecule has 7 nitrogen and oxygen atoms in total. The molecule has 1 amide bonds. The Morgan fingerprint density at radius 3 is 2.67 bits per heavy atom. The second kappa shape index (κ2) is 4.24. The highest BCUT2D eigenvalue weighted by Gasteiger charge is 2.26. The minimum Gasteiger partial charge on any atom is -0.446 e. The molecule has 0 aromatic carbocycles. The number of aromatic amines is 1. The molecule has 0 saturated heterocycles. The Morgan fingerprint density at radius 2 is 2.13 bits per heavy atom. The van der Waals surface area contributed by atoms with E-state index in [-0.39, 0.29) is 6.10 Å². The minimum absolute atomic E-state index is 0.0466. The van der Waals surface area contributed by atoms with Crippen LogP contribution in [0.4, 0.5) is 4.79 Å². The van der Waals surface area contributed by atoms with E-state index in [4.69, 9.17) is 10.5 Å². The smallest absolute Gasteiger partial charge is 0.404 e. The summed E-state index contributed by atoms with van der Waals surface area (Å²) in [4.78, 5) is 10.5. The Kier molecular flexibility index (Phi) is 2.79. The van der Waals surface area contributed by atoms with Gasteiger partial charge >= 0.3 is 6.09 Å². The molecule has 1 fully saturated rings. The topological polar surface area (TPSA) is 107 Å². The van der Waals surface area contributed by atoms with Crippen molar-refractivity contribution in [3.05, 3.63) is 5.82 Å². The van der Waals surface area contributed by atoms with Crippen molar-refractivity contribution in [1.29, 1.82) is 0 Å². The highest BCUT2D eigenvalue weighted by atomic mass is 16.6. The molecular formula is C8H13N5O2. The maximum atomic E-state index is 10.5. The Balaban J connectivity index is 1.84. The number of ether oxygens (including phenoxy) is 1. The number of hydrogen-bond acceptors (Lipinski definition) is 5. The number of carbonyl (C=O) groups is 1. The summed E-state index contributed by atoms with van der Waals surface area (Å²) in [5.74, 6) is 1.15. The quantitative estimate of drug-likeness (QED) is 0.732. The molecule has 1 saturated carbocycles. The number of hydrogen-bond donors (Lipinski definition) is 2. The highest BCUT2D eigenvalue weighted by Crippen LogP contribution is 2.31. The van der Waals surface area contributed by atoms with E-state index in [9.17, 15) is 4.79 Å². The molecule has 0 bridgehead atoms. The van der Waals surface area contributed by atoms with Gasteiger partial charge in [0, 0.05) is 5.92 Å². The average molecular weight is 211 g/mol. The number of amides is 1. The van der Waals surface area contributed by atoms with Crippen molar-refractivity contribution in [3.63, 3.8) is 0 Å². The number of rotatable bonds is 2. The van der Waals surface area contributed by atoms with E-state index < -0.39 is 6.09 Å². The van der Waals surface area contributed by atoms with Crippen LogP contribution in [0.3, 0.4) is 0 Å². The zero-order valence-electron chi connectivity index (χ0n) is 8.22. The molecule has 3 N–H and O–H groups in total. The van der Waals surface area contributed by atoms with Crippen molar-refractivity contribution in [2.24, 2.45) is 5.73 Å². The molecule has 0 radical (unpaired) electrons. The van der Waals surface area contributed by atoms with E-state index >= 15 is 0 Å². The number of nitrogens with zero attached hydrogens (tertiary/aromatic N) is 3. The van der Waals surface area contributed by atoms with Crippen molar-refractivity contribution < 1.29 is 9.53 Å². The van der Waals surface area contributed by atoms with Crippen molar-refractivity contribution >= 4 is 6.09 Å². The molecule has 82 valence electrons. The molecular weight excluding hydrogens is 198 g/mol. The molecule has 1 aliphatic carbocycles. The van der Waals surface area contributed by atoms with Crippen LogP contribution < -0.4 is 5.73 Å². The largest absolute Gasteiger partial charge is 0.446 e. The number of aromatic nitrogens is 4. The summed E-state index contributed by atoms with van der Waals surface area (Å²) < 4.78 is 4.93. The van der Waals surface area contributed by atoms with Gasteiger partial charge in [-0.1, -0.05) is 0 Å². The number of H-pyrrole nitrogens is 1. The van der Waals surface area contributed by atoms with E-state index in [2.05, 4.69) is 20.6 Å². The number of primary amides is 1. The monoisotopic (exact) mass is 211 g/mol. The third-order valence-electron chi connectivity index (χ3n) is 2.71. The lowest BCUT2D eigenvalue weighted by Crippen LogP contribution is -2.26. The molecule has 1 aliphatic rings. The second-order valence-corrected chi connectivity index (χ2v) is 3.70. The molecule has 7 heteroatoms. The summed E-state index contributed by atoms with van der Waals surface area (Å²) in [6, 6.07) is 0. The molecule has 15 heavy (non-hydrogen) atoms. The molecule has 1 aromatic heterocycles. The Morgan fingerprint density at radius 1 is 1.40 bits per heavy atom. The van der Waals surface area contributed by atoms with Gasteiger partial charge in [-0.25, -0.2) is 9.89 Å². The molecule has 0 atom stereocenters. The fourth-order valence-electron chi connectivity index (χ4n) is 1.96. The van der Waals surface area contributed by atoms with E-state index in [0.29, 0.717) is 5.92 Å². The van der Waals surface area contributed by atoms with E-state index in [0.717, 1.165) is 31.5 Å². The standard InChI is InChI=1S/C8H13N5O2/c9-8(14)15-6-3-1-5(2-4-6)7-10-12-13-11-7/h5-6H,1-4H2,(H2,9,14)(H,10,11,12,13). The number of nitrogens with two attached hydrogens (primary N) is 1. The zero-order chi connectivity index (χ0) is 10.7. The van der Waals surface area contributed by atoms with Crippen LogP contribution in [0.1, 0.15) is 37.4 Å². The van der Waals surface area contributed by atoms with Crippen molar-refractivity contribution in [2.45, 2.75) is 37.7 Å². The first-order valence-electron chi connectivity index (χ1n) is 4.95. The van der Waals surface area contributed by atoms with Gasteiger partial charge in [0.15, 0.2) is 5.82 Å². The summed E-state index contributed by atoms with van der Waals surface area (Å²) in [6.45, 7) is 0. The first-order valence-corrected chi connectivity index (χ1v) is 4.95. The highest BCUT2D eigenvalue weighted by molar-refractivity contribution is 5.64. The van der Waals surface area contributed by atoms with E-state index in [1.807, 2.05) is 0 Å². The Labute approximate surface area is 86.4 Å². The van der Waals surface area contributed by atoms with E-state index in [1.165, 1.54) is 0 Å². The molecule has 0 aliphatic heterocycles. The van der Waals surface area contributed by atoms with Gasteiger partial charge in [-0.3, -0.25) is 0 Å². The third-order valence-corrected chi connectivity index (χ3v) is 2.71. The van der Waals surface area contributed by atoms with Crippen LogP contribution in [-0.4, -0.2) is 32.8 Å². The summed E-state index contributed by atoms with van der Waals surface area (Å²) in [5.41, 5.74) is 4.95. The fourth-order valence-corrected chi connectivity index (χ4v) is 1.96. The third kappa shape index (κ3) is 2.42. The van der Waals surface area contributed by atoms with Crippen molar-refractivity contribution in [3.8, 4) is 0 Å². The minimum atomic E-state index is -0.695. The molecule has 1 heterocycles. The van der Waals surface area contributed by atoms with Crippen LogP contribution in [0, 0.1) is 0 Å². The summed E-state index contributed by atoms with van der Waals surface area (Å²) in [5, 5.41) is 13.7. The number of nitrogens with one attached hydrogen (secondary N) is 1. The first-order chi connectivity index (χ1) is 7.25. The van der Waals surface area contributed by atoms with Gasteiger partial charge in [0.2, 0.25) is 0 Å². The van der Waals surface area contributed by atoms with Gasteiger partial charge in [-0.15, -0.1) is 5.10 Å². The normalized spacial score (nSPS) is 26.1. The molecule has 1 aromatic rings. The van der Waals surface area contributed by atoms with Gasteiger partial charge in [0.1, 0.15) is 6.10 Å². The zero-order valence-corrected chi connectivity index (χ0v) is 8.22. The summed E-state index contributed by atoms with van der Waals surface area (Å²) >= 11 is 0. The molecule has 0 unspecified atom stereocenters. The predicted octanol–water partition coefficient (Wildman–Crippen LogP) is 0.321. The Bertz CT molecular complexity index is 318. The van der Waals surface area contributed by atoms with Crippen LogP contribution in [0.15, 0.2) is 0 Å². The van der Waals surface area contributed by atoms with Gasteiger partial charge in [0.25, 0.3) is 0 Å². The van der Waals surface area contributed by atoms with Crippen LogP contribution in [-0.2, 0) is 4.74 Å². The maximum Gasteiger partial charge on any atom is 0.404 e. The van der Waals surface area contributed by atoms with Gasteiger partial charge in [0.05, 0.1) is 0 Å². The van der Waals surface area contributed by atoms with Crippen LogP contribution >= 0.6 is 0 Å². The second-order valence-electron chi connectivity index (χ2n) is 3.70. The van der Waals surface area contributed by atoms with Gasteiger partial charge in [-0.05, 0) is 36.1 Å². The number of tetrazole rings is 1. The number of carbonyl (C=O) groups excluding carboxylic acids is 1. The lowest BCUT2D eigenvalue weighted by Gasteiger charge is -2.25. The predicted molar refractivity (Wildman–Crippen MR) is 49.8 cm³/mol. The van der Waals surface area contributed by atoms with Crippen molar-refractivity contribution in [1.82, 2.24) is 20.6 Å². The lowest BCUT2D eigenvalue weighted by molar-refractivity contribution is 0.0781. The van der Waals surface area contributed by atoms with Crippen LogP contribution in [0.25, 0.3) is 0 Å². The van der Waals surface area contributed by atoms with E-state index in [1.54, 1.807) is 0 Å². The van der Waals surface area contributed by atoms with Gasteiger partial charge in [-0.2, -0.15) is 0 Å². The SMILES string of the molecule is NC(=O)OC1CCC(c2nnn[nH]2)CC1. The maximum absolute atomic E-state index is 10.5. The fraction of sp³-hybridized carbons (Fsp3) is 0.750. The van der Waals surface area contributed by atoms with Crippen molar-refractivity contribution in [2.75, 3.05) is 0 Å². The first kappa shape index (κ1) is 9.88. The lowest BCUT2D eigenvalue weighted by atomic mass is 9.87. The van der Waals surface area contributed by atoms with Crippen LogP contribution in [0.2, 0.25) is 0 Å². The van der Waals surface area contributed by atoms with Gasteiger partial charge < -0.3 is 10.5 Å². The molecule has 0 spiro atoms. The molecule has 2 rings (SSSR count). The average Bonchev–Trinajstić information content (AvgIpc) is 2.71. The van der Waals surface area contributed by atoms with Crippen LogP contribution in [0.5, 0.6) is 0 Å². The summed E-state index contributed by atoms with van der Waals surface area (Å²) in [7, 11) is 0. The Hall–Kier alpha value is -1.66.